The highest BCUT2D eigenvalue weighted by molar-refractivity contribution is 5.76. The number of hydrazine groups is 1. The van der Waals surface area contributed by atoms with Gasteiger partial charge in [-0.25, -0.2) is 19.6 Å². The van der Waals surface area contributed by atoms with E-state index in [0.29, 0.717) is 31.0 Å². The maximum Gasteiger partial charge on any atom is 0.320 e. The van der Waals surface area contributed by atoms with Crippen LogP contribution >= 0.6 is 0 Å². The minimum Gasteiger partial charge on any atom is -0.381 e. The molecule has 0 spiro atoms. The molecule has 4 aliphatic heterocycles. The van der Waals surface area contributed by atoms with Crippen molar-refractivity contribution in [3.63, 3.8) is 0 Å². The number of ether oxygens (including phenoxy) is 1. The Morgan fingerprint density at radius 2 is 1.95 bits per heavy atom. The third-order valence-corrected chi connectivity index (χ3v) is 8.90. The lowest BCUT2D eigenvalue weighted by molar-refractivity contribution is 0.0105. The number of fused-ring (bicyclic) bond motifs is 1. The molecule has 11 nitrogen and oxygen atoms in total. The number of amides is 2. The number of carbonyl (C=O) groups excluding carboxylic acids is 1. The predicted octanol–water partition coefficient (Wildman–Crippen LogP) is 1.91. The number of likely N-dealkylation sites (tertiary alicyclic amines) is 1. The maximum absolute atomic E-state index is 14.5. The summed E-state index contributed by atoms with van der Waals surface area (Å²) in [5.74, 6) is 0.717. The number of nitrogens with one attached hydrogen (secondary N) is 4. The fourth-order valence-electron chi connectivity index (χ4n) is 6.57. The number of rotatable bonds is 6. The minimum absolute atomic E-state index is 0.00428. The zero-order chi connectivity index (χ0) is 27.0. The predicted molar refractivity (Wildman–Crippen MR) is 144 cm³/mol. The fourth-order valence-corrected chi connectivity index (χ4v) is 6.57. The van der Waals surface area contributed by atoms with E-state index in [-0.39, 0.29) is 36.0 Å². The van der Waals surface area contributed by atoms with Crippen molar-refractivity contribution in [1.29, 1.82) is 0 Å². The molecule has 0 bridgehead atoms. The van der Waals surface area contributed by atoms with Gasteiger partial charge in [0.1, 0.15) is 0 Å². The summed E-state index contributed by atoms with van der Waals surface area (Å²) >= 11 is 0. The third kappa shape index (κ3) is 5.28. The highest BCUT2D eigenvalue weighted by Crippen LogP contribution is 2.39. The number of hydrogen-bond donors (Lipinski definition) is 4. The van der Waals surface area contributed by atoms with Crippen LogP contribution in [0.25, 0.3) is 0 Å². The van der Waals surface area contributed by atoms with Crippen LogP contribution in [0.5, 0.6) is 0 Å². The van der Waals surface area contributed by atoms with Crippen molar-refractivity contribution in [1.82, 2.24) is 35.5 Å². The Balaban J connectivity index is 1.24. The van der Waals surface area contributed by atoms with Crippen LogP contribution in [-0.2, 0) is 4.74 Å². The standard InChI is InChI=1S/C26H44FN9O2/c1-6-28-24-29-11-20(27)23(31-24)30-22-19-15-36(26(4,5)21(19)32-33-22)25(37)35-13-16(2)34(12-17(35)3)14-18-7-9-38-10-8-18/h11,16-19,21-22,32-33H,6-10,12-15H2,1-5H3,(H2,28,29,30,31)/t16-,17+,19?,21?,22?/m1/s1. The van der Waals surface area contributed by atoms with Gasteiger partial charge in [0, 0.05) is 63.9 Å². The zero-order valence-electron chi connectivity index (χ0n) is 23.3. The number of urea groups is 1. The molecule has 5 atom stereocenters. The quantitative estimate of drug-likeness (QED) is 0.436. The first kappa shape index (κ1) is 27.3. The number of carbonyl (C=O) groups is 1. The van der Waals surface area contributed by atoms with Crippen molar-refractivity contribution in [3.8, 4) is 0 Å². The van der Waals surface area contributed by atoms with Crippen LogP contribution in [-0.4, -0.2) is 106 Å². The molecule has 12 heteroatoms. The topological polar surface area (TPSA) is 110 Å². The van der Waals surface area contributed by atoms with Gasteiger partial charge in [-0.05, 0) is 53.4 Å². The Morgan fingerprint density at radius 3 is 2.68 bits per heavy atom. The summed E-state index contributed by atoms with van der Waals surface area (Å²) in [4.78, 5) is 28.9. The third-order valence-electron chi connectivity index (χ3n) is 8.90. The normalized spacial score (nSPS) is 31.9. The Labute approximate surface area is 225 Å². The molecule has 0 aromatic carbocycles. The molecule has 0 saturated carbocycles. The van der Waals surface area contributed by atoms with Gasteiger partial charge in [0.2, 0.25) is 5.95 Å². The monoisotopic (exact) mass is 533 g/mol. The van der Waals surface area contributed by atoms with E-state index in [4.69, 9.17) is 4.74 Å². The second-order valence-electron chi connectivity index (χ2n) is 11.9. The molecule has 5 heterocycles. The largest absolute Gasteiger partial charge is 0.381 e. The first-order valence-electron chi connectivity index (χ1n) is 14.1. The summed E-state index contributed by atoms with van der Waals surface area (Å²) in [7, 11) is 0. The van der Waals surface area contributed by atoms with E-state index in [9.17, 15) is 9.18 Å². The molecule has 212 valence electrons. The number of anilines is 2. The molecule has 4 N–H and O–H groups in total. The summed E-state index contributed by atoms with van der Waals surface area (Å²) in [6.07, 6.45) is 3.13. The molecular weight excluding hydrogens is 489 g/mol. The van der Waals surface area contributed by atoms with Crippen molar-refractivity contribution in [2.24, 2.45) is 11.8 Å². The Morgan fingerprint density at radius 1 is 1.18 bits per heavy atom. The van der Waals surface area contributed by atoms with Crippen molar-refractivity contribution in [2.75, 3.05) is 56.6 Å². The number of aromatic nitrogens is 2. The fraction of sp³-hybridized carbons (Fsp3) is 0.808. The van der Waals surface area contributed by atoms with Crippen LogP contribution in [0.4, 0.5) is 21.0 Å². The summed E-state index contributed by atoms with van der Waals surface area (Å²) in [5, 5.41) is 6.23. The van der Waals surface area contributed by atoms with Gasteiger partial charge in [-0.1, -0.05) is 0 Å². The Hall–Kier alpha value is -2.28. The molecule has 3 unspecified atom stereocenters. The highest BCUT2D eigenvalue weighted by Gasteiger charge is 2.56. The van der Waals surface area contributed by atoms with Crippen LogP contribution in [0.15, 0.2) is 6.20 Å². The van der Waals surface area contributed by atoms with Gasteiger partial charge >= 0.3 is 6.03 Å². The van der Waals surface area contributed by atoms with Crippen LogP contribution in [0.1, 0.15) is 47.5 Å². The lowest BCUT2D eigenvalue weighted by atomic mass is 9.90. The molecule has 0 radical (unpaired) electrons. The second kappa shape index (κ2) is 11.1. The van der Waals surface area contributed by atoms with E-state index in [1.165, 1.54) is 6.20 Å². The van der Waals surface area contributed by atoms with Gasteiger partial charge in [0.05, 0.1) is 23.9 Å². The van der Waals surface area contributed by atoms with Gasteiger partial charge in [-0.15, -0.1) is 0 Å². The second-order valence-corrected chi connectivity index (χ2v) is 11.9. The number of halogens is 1. The van der Waals surface area contributed by atoms with Crippen molar-refractivity contribution in [3.05, 3.63) is 12.0 Å². The first-order chi connectivity index (χ1) is 18.2. The van der Waals surface area contributed by atoms with Gasteiger partial charge < -0.3 is 25.2 Å². The van der Waals surface area contributed by atoms with Crippen molar-refractivity contribution in [2.45, 2.75) is 77.3 Å². The smallest absolute Gasteiger partial charge is 0.320 e. The number of piperazine rings is 1. The van der Waals surface area contributed by atoms with E-state index in [2.05, 4.69) is 68.9 Å². The summed E-state index contributed by atoms with van der Waals surface area (Å²) in [5.41, 5.74) is 6.21. The molecule has 4 aliphatic rings. The average molecular weight is 534 g/mol. The molecule has 0 aliphatic carbocycles. The van der Waals surface area contributed by atoms with Crippen LogP contribution in [0, 0.1) is 17.7 Å². The molecule has 4 saturated heterocycles. The van der Waals surface area contributed by atoms with Crippen molar-refractivity contribution >= 4 is 17.8 Å². The number of hydrogen-bond acceptors (Lipinski definition) is 9. The van der Waals surface area contributed by atoms with Gasteiger partial charge in [-0.3, -0.25) is 10.3 Å². The minimum atomic E-state index is -0.511. The SMILES string of the molecule is CCNc1ncc(F)c(NC2NNC3C2CN(C(=O)N2C[C@@H](C)N(CC4CCOCC4)C[C@@H]2C)C3(C)C)n1. The highest BCUT2D eigenvalue weighted by atomic mass is 19.1. The zero-order valence-corrected chi connectivity index (χ0v) is 23.3. The Bertz CT molecular complexity index is 991. The van der Waals surface area contributed by atoms with E-state index in [1.54, 1.807) is 0 Å². The van der Waals surface area contributed by atoms with Gasteiger partial charge in [0.25, 0.3) is 0 Å². The number of nitrogens with zero attached hydrogens (tertiary/aromatic N) is 5. The molecule has 5 rings (SSSR count). The molecule has 2 amide bonds. The van der Waals surface area contributed by atoms with E-state index in [0.717, 1.165) is 45.7 Å². The van der Waals surface area contributed by atoms with E-state index >= 15 is 0 Å². The maximum atomic E-state index is 14.5. The molecule has 4 fully saturated rings. The first-order valence-corrected chi connectivity index (χ1v) is 14.1. The summed E-state index contributed by atoms with van der Waals surface area (Å²) in [6, 6.07) is 0.528. The average Bonchev–Trinajstić information content (AvgIpc) is 3.41. The van der Waals surface area contributed by atoms with Crippen LogP contribution in [0.3, 0.4) is 0 Å². The molecular formula is C26H44FN9O2. The van der Waals surface area contributed by atoms with E-state index < -0.39 is 11.4 Å². The lowest BCUT2D eigenvalue weighted by Crippen LogP contribution is -2.64. The molecule has 1 aromatic heterocycles. The van der Waals surface area contributed by atoms with Gasteiger partial charge in [0.15, 0.2) is 11.6 Å². The summed E-state index contributed by atoms with van der Waals surface area (Å²) < 4.78 is 20.1. The Kier molecular flexibility index (Phi) is 7.95. The van der Waals surface area contributed by atoms with Crippen LogP contribution in [0.2, 0.25) is 0 Å². The molecule has 38 heavy (non-hydrogen) atoms. The van der Waals surface area contributed by atoms with Gasteiger partial charge in [-0.2, -0.15) is 4.98 Å². The van der Waals surface area contributed by atoms with Crippen LogP contribution < -0.4 is 21.5 Å². The molecule has 1 aromatic rings. The summed E-state index contributed by atoms with van der Waals surface area (Å²) in [6.45, 7) is 16.2. The van der Waals surface area contributed by atoms with E-state index in [1.807, 2.05) is 11.8 Å². The van der Waals surface area contributed by atoms with Crippen molar-refractivity contribution < 1.29 is 13.9 Å². The lowest BCUT2D eigenvalue weighted by Gasteiger charge is -2.48.